The normalized spacial score (nSPS) is 10.4. The van der Waals surface area contributed by atoms with Crippen LogP contribution in [0.4, 0.5) is 5.13 Å². The second kappa shape index (κ2) is 4.50. The van der Waals surface area contributed by atoms with Crippen LogP contribution in [-0.4, -0.2) is 20.9 Å². The van der Waals surface area contributed by atoms with Crippen molar-refractivity contribution in [3.8, 4) is 0 Å². The molecule has 0 fully saturated rings. The van der Waals surface area contributed by atoms with Crippen molar-refractivity contribution >= 4 is 32.6 Å². The molecule has 0 unspecified atom stereocenters. The topological polar surface area (TPSA) is 67.8 Å². The van der Waals surface area contributed by atoms with Gasteiger partial charge < -0.3 is 0 Å². The summed E-state index contributed by atoms with van der Waals surface area (Å²) in [5.74, 6) is -0.216. The van der Waals surface area contributed by atoms with Crippen LogP contribution in [0.2, 0.25) is 0 Å². The SMILES string of the molecule is O=C(Nc1nc2ccccc2s1)c1ncccn1. The van der Waals surface area contributed by atoms with E-state index in [4.69, 9.17) is 0 Å². The number of benzene rings is 1. The van der Waals surface area contributed by atoms with Gasteiger partial charge in [-0.3, -0.25) is 10.1 Å². The van der Waals surface area contributed by atoms with E-state index in [1.807, 2.05) is 24.3 Å². The van der Waals surface area contributed by atoms with Crippen LogP contribution in [0.5, 0.6) is 0 Å². The molecule has 88 valence electrons. The van der Waals surface area contributed by atoms with Gasteiger partial charge in [0.15, 0.2) is 5.13 Å². The van der Waals surface area contributed by atoms with Crippen molar-refractivity contribution in [2.24, 2.45) is 0 Å². The number of fused-ring (bicyclic) bond motifs is 1. The molecule has 1 aromatic carbocycles. The molecule has 0 atom stereocenters. The van der Waals surface area contributed by atoms with Gasteiger partial charge in [-0.15, -0.1) is 0 Å². The van der Waals surface area contributed by atoms with Crippen LogP contribution in [0.15, 0.2) is 42.7 Å². The van der Waals surface area contributed by atoms with Gasteiger partial charge in [0.25, 0.3) is 5.91 Å². The van der Waals surface area contributed by atoms with Crippen LogP contribution in [0.3, 0.4) is 0 Å². The average molecular weight is 256 g/mol. The van der Waals surface area contributed by atoms with Crippen molar-refractivity contribution in [2.45, 2.75) is 0 Å². The Bertz CT molecular complexity index is 662. The summed E-state index contributed by atoms with van der Waals surface area (Å²) >= 11 is 1.42. The number of anilines is 1. The first kappa shape index (κ1) is 10.8. The second-order valence-corrected chi connectivity index (χ2v) is 4.54. The van der Waals surface area contributed by atoms with E-state index in [0.29, 0.717) is 5.13 Å². The summed E-state index contributed by atoms with van der Waals surface area (Å²) in [4.78, 5) is 23.9. The minimum absolute atomic E-state index is 0.136. The standard InChI is InChI=1S/C12H8N4OS/c17-11(10-13-6-3-7-14-10)16-12-15-8-4-1-2-5-9(8)18-12/h1-7H,(H,15,16,17). The van der Waals surface area contributed by atoms with E-state index in [-0.39, 0.29) is 11.7 Å². The molecule has 0 radical (unpaired) electrons. The summed E-state index contributed by atoms with van der Waals surface area (Å²) in [6.45, 7) is 0. The predicted octanol–water partition coefficient (Wildman–Crippen LogP) is 2.34. The van der Waals surface area contributed by atoms with Gasteiger partial charge in [-0.05, 0) is 18.2 Å². The molecule has 0 saturated heterocycles. The minimum atomic E-state index is -0.352. The lowest BCUT2D eigenvalue weighted by Crippen LogP contribution is -2.14. The maximum Gasteiger partial charge on any atom is 0.295 e. The molecule has 1 N–H and O–H groups in total. The maximum atomic E-state index is 11.8. The van der Waals surface area contributed by atoms with Gasteiger partial charge in [0, 0.05) is 12.4 Å². The monoisotopic (exact) mass is 256 g/mol. The molecule has 0 spiro atoms. The van der Waals surface area contributed by atoms with E-state index in [2.05, 4.69) is 20.3 Å². The van der Waals surface area contributed by atoms with Crippen molar-refractivity contribution in [2.75, 3.05) is 5.32 Å². The summed E-state index contributed by atoms with van der Waals surface area (Å²) in [5, 5.41) is 3.24. The molecule has 3 rings (SSSR count). The van der Waals surface area contributed by atoms with Crippen LogP contribution < -0.4 is 5.32 Å². The largest absolute Gasteiger partial charge is 0.295 e. The van der Waals surface area contributed by atoms with Crippen LogP contribution in [0.25, 0.3) is 10.2 Å². The van der Waals surface area contributed by atoms with E-state index >= 15 is 0 Å². The summed E-state index contributed by atoms with van der Waals surface area (Å²) in [7, 11) is 0. The van der Waals surface area contributed by atoms with Gasteiger partial charge in [0.05, 0.1) is 10.2 Å². The number of carbonyl (C=O) groups is 1. The maximum absolute atomic E-state index is 11.8. The van der Waals surface area contributed by atoms with Crippen LogP contribution in [-0.2, 0) is 0 Å². The van der Waals surface area contributed by atoms with Crippen molar-refractivity contribution < 1.29 is 4.79 Å². The first-order valence-electron chi connectivity index (χ1n) is 5.27. The molecule has 3 aromatic rings. The van der Waals surface area contributed by atoms with Crippen molar-refractivity contribution in [1.82, 2.24) is 15.0 Å². The van der Waals surface area contributed by atoms with E-state index < -0.39 is 0 Å². The first-order valence-corrected chi connectivity index (χ1v) is 6.08. The molecule has 0 aliphatic rings. The van der Waals surface area contributed by atoms with E-state index in [1.54, 1.807) is 6.07 Å². The van der Waals surface area contributed by atoms with Gasteiger partial charge >= 0.3 is 0 Å². The zero-order valence-electron chi connectivity index (χ0n) is 9.20. The number of nitrogens with one attached hydrogen (secondary N) is 1. The van der Waals surface area contributed by atoms with Crippen molar-refractivity contribution in [3.63, 3.8) is 0 Å². The molecule has 0 aliphatic carbocycles. The molecule has 0 saturated carbocycles. The lowest BCUT2D eigenvalue weighted by molar-refractivity contribution is 0.101. The summed E-state index contributed by atoms with van der Waals surface area (Å²) < 4.78 is 1.03. The predicted molar refractivity (Wildman–Crippen MR) is 69.6 cm³/mol. The fourth-order valence-electron chi connectivity index (χ4n) is 1.50. The molecule has 18 heavy (non-hydrogen) atoms. The van der Waals surface area contributed by atoms with Crippen molar-refractivity contribution in [1.29, 1.82) is 0 Å². The Kier molecular flexibility index (Phi) is 2.70. The highest BCUT2D eigenvalue weighted by Gasteiger charge is 2.11. The molecule has 0 aliphatic heterocycles. The average Bonchev–Trinajstić information content (AvgIpc) is 2.82. The molecule has 2 heterocycles. The second-order valence-electron chi connectivity index (χ2n) is 3.51. The van der Waals surface area contributed by atoms with Gasteiger partial charge in [-0.1, -0.05) is 23.5 Å². The zero-order chi connectivity index (χ0) is 12.4. The summed E-state index contributed by atoms with van der Waals surface area (Å²) in [6.07, 6.45) is 3.06. The molecule has 0 bridgehead atoms. The highest BCUT2D eigenvalue weighted by Crippen LogP contribution is 2.25. The van der Waals surface area contributed by atoms with E-state index in [1.165, 1.54) is 23.7 Å². The number of hydrogen-bond donors (Lipinski definition) is 1. The highest BCUT2D eigenvalue weighted by molar-refractivity contribution is 7.22. The molecular weight excluding hydrogens is 248 g/mol. The Morgan fingerprint density at radius 1 is 1.11 bits per heavy atom. The zero-order valence-corrected chi connectivity index (χ0v) is 10.0. The third kappa shape index (κ3) is 2.05. The van der Waals surface area contributed by atoms with E-state index in [0.717, 1.165) is 10.2 Å². The smallest absolute Gasteiger partial charge is 0.295 e. The Hall–Kier alpha value is -2.34. The van der Waals surface area contributed by atoms with Crippen LogP contribution >= 0.6 is 11.3 Å². The molecule has 2 aromatic heterocycles. The fourth-order valence-corrected chi connectivity index (χ4v) is 2.36. The minimum Gasteiger partial charge on any atom is -0.295 e. The highest BCUT2D eigenvalue weighted by atomic mass is 32.1. The number of nitrogens with zero attached hydrogens (tertiary/aromatic N) is 3. The van der Waals surface area contributed by atoms with Gasteiger partial charge in [-0.2, -0.15) is 0 Å². The molecule has 5 nitrogen and oxygen atoms in total. The Morgan fingerprint density at radius 2 is 1.89 bits per heavy atom. The fraction of sp³-hybridized carbons (Fsp3) is 0. The number of hydrogen-bond acceptors (Lipinski definition) is 5. The van der Waals surface area contributed by atoms with Crippen LogP contribution in [0.1, 0.15) is 10.6 Å². The van der Waals surface area contributed by atoms with Gasteiger partial charge in [0.2, 0.25) is 5.82 Å². The van der Waals surface area contributed by atoms with E-state index in [9.17, 15) is 4.79 Å². The Morgan fingerprint density at radius 3 is 2.67 bits per heavy atom. The third-order valence-electron chi connectivity index (χ3n) is 2.28. The summed E-state index contributed by atoms with van der Waals surface area (Å²) in [6, 6.07) is 9.37. The van der Waals surface area contributed by atoms with Gasteiger partial charge in [0.1, 0.15) is 0 Å². The Balaban J connectivity index is 1.86. The first-order chi connectivity index (χ1) is 8.83. The number of rotatable bonds is 2. The van der Waals surface area contributed by atoms with Gasteiger partial charge in [-0.25, -0.2) is 15.0 Å². The summed E-state index contributed by atoms with van der Waals surface area (Å²) in [5.41, 5.74) is 0.867. The lowest BCUT2D eigenvalue weighted by Gasteiger charge is -1.98. The van der Waals surface area contributed by atoms with Crippen LogP contribution in [0, 0.1) is 0 Å². The third-order valence-corrected chi connectivity index (χ3v) is 3.24. The number of amides is 1. The number of aromatic nitrogens is 3. The van der Waals surface area contributed by atoms with Crippen molar-refractivity contribution in [3.05, 3.63) is 48.5 Å². The number of para-hydroxylation sites is 1. The quantitative estimate of drug-likeness (QED) is 0.764. The lowest BCUT2D eigenvalue weighted by atomic mass is 10.3. The molecule has 1 amide bonds. The Labute approximate surface area is 107 Å². The number of carbonyl (C=O) groups excluding carboxylic acids is 1. The number of thiazole rings is 1. The molecular formula is C12H8N4OS. The molecule has 6 heteroatoms.